The summed E-state index contributed by atoms with van der Waals surface area (Å²) in [5.74, 6) is 0.302. The lowest BCUT2D eigenvalue weighted by molar-refractivity contribution is -0.385. The van der Waals surface area contributed by atoms with Crippen LogP contribution in [-0.4, -0.2) is 30.7 Å². The predicted molar refractivity (Wildman–Crippen MR) is 77.8 cm³/mol. The number of rotatable bonds is 6. The molecule has 0 aliphatic carbocycles. The van der Waals surface area contributed by atoms with E-state index in [1.54, 1.807) is 12.1 Å². The number of ether oxygens (including phenoxy) is 1. The summed E-state index contributed by atoms with van der Waals surface area (Å²) < 4.78 is 5.56. The molecule has 1 aromatic rings. The van der Waals surface area contributed by atoms with E-state index in [4.69, 9.17) is 4.74 Å². The Kier molecular flexibility index (Phi) is 5.49. The maximum Gasteiger partial charge on any atom is 0.272 e. The van der Waals surface area contributed by atoms with Gasteiger partial charge in [0, 0.05) is 30.2 Å². The molecular formula is C15H22N2O3. The van der Waals surface area contributed by atoms with Crippen LogP contribution in [0.2, 0.25) is 0 Å². The molecule has 1 N–H and O–H groups in total. The molecule has 20 heavy (non-hydrogen) atoms. The van der Waals surface area contributed by atoms with Gasteiger partial charge in [0.2, 0.25) is 0 Å². The van der Waals surface area contributed by atoms with E-state index in [0.717, 1.165) is 31.6 Å². The molecule has 1 saturated heterocycles. The predicted octanol–water partition coefficient (Wildman–Crippen LogP) is 2.54. The summed E-state index contributed by atoms with van der Waals surface area (Å²) in [6.07, 6.45) is 2.76. The zero-order valence-corrected chi connectivity index (χ0v) is 11.9. The van der Waals surface area contributed by atoms with Gasteiger partial charge in [-0.05, 0) is 25.8 Å². The zero-order valence-electron chi connectivity index (χ0n) is 11.9. The quantitative estimate of drug-likeness (QED) is 0.641. The Morgan fingerprint density at radius 3 is 3.00 bits per heavy atom. The van der Waals surface area contributed by atoms with Crippen molar-refractivity contribution in [2.75, 3.05) is 19.8 Å². The molecule has 2 unspecified atom stereocenters. The van der Waals surface area contributed by atoms with Crippen LogP contribution in [-0.2, 0) is 11.2 Å². The van der Waals surface area contributed by atoms with Crippen LogP contribution in [0.5, 0.6) is 0 Å². The summed E-state index contributed by atoms with van der Waals surface area (Å²) in [6, 6.07) is 7.40. The highest BCUT2D eigenvalue weighted by molar-refractivity contribution is 5.40. The third-order valence-corrected chi connectivity index (χ3v) is 3.80. The van der Waals surface area contributed by atoms with Gasteiger partial charge >= 0.3 is 0 Å². The molecule has 1 heterocycles. The van der Waals surface area contributed by atoms with Crippen molar-refractivity contribution in [1.82, 2.24) is 5.32 Å². The fourth-order valence-electron chi connectivity index (χ4n) is 2.74. The number of hydrogen-bond acceptors (Lipinski definition) is 4. The Bertz CT molecular complexity index is 450. The van der Waals surface area contributed by atoms with Gasteiger partial charge in [-0.15, -0.1) is 0 Å². The van der Waals surface area contributed by atoms with E-state index in [2.05, 4.69) is 12.2 Å². The highest BCUT2D eigenvalue weighted by atomic mass is 16.6. The number of hydrogen-bond donors (Lipinski definition) is 1. The second-order valence-corrected chi connectivity index (χ2v) is 5.27. The molecule has 110 valence electrons. The molecule has 0 spiro atoms. The first-order valence-electron chi connectivity index (χ1n) is 7.25. The van der Waals surface area contributed by atoms with Crippen LogP contribution in [0.3, 0.4) is 0 Å². The van der Waals surface area contributed by atoms with Crippen molar-refractivity contribution in [3.8, 4) is 0 Å². The lowest BCUT2D eigenvalue weighted by Crippen LogP contribution is -2.44. The van der Waals surface area contributed by atoms with Crippen molar-refractivity contribution in [3.63, 3.8) is 0 Å². The van der Waals surface area contributed by atoms with Crippen molar-refractivity contribution in [2.24, 2.45) is 5.92 Å². The van der Waals surface area contributed by atoms with E-state index in [0.29, 0.717) is 25.0 Å². The zero-order chi connectivity index (χ0) is 14.4. The van der Waals surface area contributed by atoms with Gasteiger partial charge in [-0.2, -0.15) is 0 Å². The first kappa shape index (κ1) is 14.9. The highest BCUT2D eigenvalue weighted by Gasteiger charge is 2.27. The number of nitrogens with zero attached hydrogens (tertiary/aromatic N) is 1. The average Bonchev–Trinajstić information content (AvgIpc) is 2.47. The lowest BCUT2D eigenvalue weighted by atomic mass is 9.89. The molecule has 5 heteroatoms. The lowest BCUT2D eigenvalue weighted by Gasteiger charge is -2.32. The summed E-state index contributed by atoms with van der Waals surface area (Å²) >= 11 is 0. The monoisotopic (exact) mass is 278 g/mol. The van der Waals surface area contributed by atoms with Crippen LogP contribution in [0.25, 0.3) is 0 Å². The Morgan fingerprint density at radius 2 is 2.25 bits per heavy atom. The average molecular weight is 278 g/mol. The molecule has 2 rings (SSSR count). The maximum absolute atomic E-state index is 11.1. The Balaban J connectivity index is 2.08. The molecule has 5 nitrogen and oxygen atoms in total. The second kappa shape index (κ2) is 7.36. The molecule has 1 aromatic carbocycles. The van der Waals surface area contributed by atoms with Crippen LogP contribution in [0.15, 0.2) is 24.3 Å². The molecule has 0 saturated carbocycles. The second-order valence-electron chi connectivity index (χ2n) is 5.27. The summed E-state index contributed by atoms with van der Waals surface area (Å²) in [4.78, 5) is 10.8. The van der Waals surface area contributed by atoms with E-state index < -0.39 is 0 Å². The van der Waals surface area contributed by atoms with Crippen LogP contribution < -0.4 is 5.32 Å². The summed E-state index contributed by atoms with van der Waals surface area (Å²) in [6.45, 7) is 4.57. The Morgan fingerprint density at radius 1 is 1.45 bits per heavy atom. The van der Waals surface area contributed by atoms with E-state index >= 15 is 0 Å². The molecule has 1 aliphatic rings. The first-order valence-corrected chi connectivity index (χ1v) is 7.25. The Labute approximate surface area is 119 Å². The molecule has 1 aliphatic heterocycles. The molecule has 0 radical (unpaired) electrons. The normalized spacial score (nSPS) is 22.6. The molecule has 0 aromatic heterocycles. The SMILES string of the molecule is CCCNC1CCOCC1Cc1ccccc1[N+](=O)[O-]. The third-order valence-electron chi connectivity index (χ3n) is 3.80. The number of para-hydroxylation sites is 1. The minimum Gasteiger partial charge on any atom is -0.381 e. The van der Waals surface area contributed by atoms with E-state index in [9.17, 15) is 10.1 Å². The fraction of sp³-hybridized carbons (Fsp3) is 0.600. The van der Waals surface area contributed by atoms with E-state index in [-0.39, 0.29) is 10.6 Å². The van der Waals surface area contributed by atoms with Gasteiger partial charge in [0.05, 0.1) is 11.5 Å². The van der Waals surface area contributed by atoms with Gasteiger partial charge < -0.3 is 10.1 Å². The summed E-state index contributed by atoms with van der Waals surface area (Å²) in [5.41, 5.74) is 1.02. The maximum atomic E-state index is 11.1. The number of nitrogens with one attached hydrogen (secondary N) is 1. The largest absolute Gasteiger partial charge is 0.381 e. The van der Waals surface area contributed by atoms with E-state index in [1.165, 1.54) is 0 Å². The van der Waals surface area contributed by atoms with Crippen molar-refractivity contribution in [3.05, 3.63) is 39.9 Å². The van der Waals surface area contributed by atoms with E-state index in [1.807, 2.05) is 12.1 Å². The topological polar surface area (TPSA) is 64.4 Å². The van der Waals surface area contributed by atoms with Gasteiger partial charge in [0.25, 0.3) is 5.69 Å². The van der Waals surface area contributed by atoms with Crippen LogP contribution in [0.4, 0.5) is 5.69 Å². The van der Waals surface area contributed by atoms with Crippen LogP contribution in [0, 0.1) is 16.0 Å². The fourth-order valence-corrected chi connectivity index (χ4v) is 2.74. The van der Waals surface area contributed by atoms with Gasteiger partial charge in [-0.3, -0.25) is 10.1 Å². The molecule has 2 atom stereocenters. The Hall–Kier alpha value is -1.46. The molecule has 0 bridgehead atoms. The molecular weight excluding hydrogens is 256 g/mol. The third kappa shape index (κ3) is 3.77. The molecule has 1 fully saturated rings. The summed E-state index contributed by atoms with van der Waals surface area (Å²) in [7, 11) is 0. The van der Waals surface area contributed by atoms with Crippen LogP contribution in [0.1, 0.15) is 25.3 Å². The van der Waals surface area contributed by atoms with Gasteiger partial charge in [-0.25, -0.2) is 0 Å². The smallest absolute Gasteiger partial charge is 0.272 e. The standard InChI is InChI=1S/C15H22N2O3/c1-2-8-16-14-7-9-20-11-13(14)10-12-5-3-4-6-15(12)17(18)19/h3-6,13-14,16H,2,7-11H2,1H3. The number of nitro benzene ring substituents is 1. The first-order chi connectivity index (χ1) is 9.72. The number of benzene rings is 1. The van der Waals surface area contributed by atoms with Crippen molar-refractivity contribution in [2.45, 2.75) is 32.2 Å². The van der Waals surface area contributed by atoms with Gasteiger partial charge in [-0.1, -0.05) is 25.1 Å². The highest BCUT2D eigenvalue weighted by Crippen LogP contribution is 2.25. The van der Waals surface area contributed by atoms with Gasteiger partial charge in [0.15, 0.2) is 0 Å². The number of nitro groups is 1. The minimum atomic E-state index is -0.298. The van der Waals surface area contributed by atoms with Crippen molar-refractivity contribution >= 4 is 5.69 Å². The van der Waals surface area contributed by atoms with Crippen molar-refractivity contribution < 1.29 is 9.66 Å². The van der Waals surface area contributed by atoms with Crippen LogP contribution >= 0.6 is 0 Å². The minimum absolute atomic E-state index is 0.215. The van der Waals surface area contributed by atoms with Gasteiger partial charge in [0.1, 0.15) is 0 Å². The summed E-state index contributed by atoms with van der Waals surface area (Å²) in [5, 5.41) is 14.6. The molecule has 0 amide bonds. The van der Waals surface area contributed by atoms with Crippen molar-refractivity contribution in [1.29, 1.82) is 0 Å².